The first-order valence-electron chi connectivity index (χ1n) is 13.4. The van der Waals surface area contributed by atoms with Gasteiger partial charge in [0, 0.05) is 49.0 Å². The molecule has 0 saturated carbocycles. The molecule has 4 aromatic rings. The van der Waals surface area contributed by atoms with Crippen molar-refractivity contribution in [2.45, 2.75) is 38.8 Å². The molecule has 40 heavy (non-hydrogen) atoms. The molecule has 208 valence electrons. The molecule has 1 fully saturated rings. The Balaban J connectivity index is 1.22. The highest BCUT2D eigenvalue weighted by Crippen LogP contribution is 2.44. The minimum Gasteiger partial charge on any atom is -0.461 e. The van der Waals surface area contributed by atoms with Gasteiger partial charge in [-0.2, -0.15) is 0 Å². The molecule has 11 nitrogen and oxygen atoms in total. The van der Waals surface area contributed by atoms with Gasteiger partial charge in [0.2, 0.25) is 12.7 Å². The average molecular weight is 562 g/mol. The molecule has 12 heteroatoms. The third-order valence-electron chi connectivity index (χ3n) is 7.07. The molecule has 2 atom stereocenters. The van der Waals surface area contributed by atoms with E-state index in [1.54, 1.807) is 24.8 Å². The average Bonchev–Trinajstić information content (AvgIpc) is 3.77. The predicted octanol–water partition coefficient (Wildman–Crippen LogP) is 3.65. The van der Waals surface area contributed by atoms with Crippen molar-refractivity contribution in [1.82, 2.24) is 34.7 Å². The van der Waals surface area contributed by atoms with E-state index in [1.807, 2.05) is 29.8 Å². The summed E-state index contributed by atoms with van der Waals surface area (Å²) in [5, 5.41) is 6.28. The van der Waals surface area contributed by atoms with Crippen LogP contribution in [-0.2, 0) is 11.3 Å². The first kappa shape index (κ1) is 26.4. The summed E-state index contributed by atoms with van der Waals surface area (Å²) in [6.07, 6.45) is 6.17. The van der Waals surface area contributed by atoms with Crippen molar-refractivity contribution >= 4 is 17.3 Å². The molecule has 1 aromatic carbocycles. The summed E-state index contributed by atoms with van der Waals surface area (Å²) >= 11 is 1.51. The number of imidazole rings is 1. The lowest BCUT2D eigenvalue weighted by Crippen LogP contribution is -2.33. The van der Waals surface area contributed by atoms with Gasteiger partial charge in [-0.05, 0) is 50.6 Å². The number of rotatable bonds is 10. The van der Waals surface area contributed by atoms with E-state index in [0.29, 0.717) is 18.2 Å². The maximum Gasteiger partial charge on any atom is 0.357 e. The molecule has 0 radical (unpaired) electrons. The topological polar surface area (TPSA) is 117 Å². The van der Waals surface area contributed by atoms with E-state index in [-0.39, 0.29) is 24.7 Å². The fraction of sp³-hybridized carbons (Fsp3) is 0.393. The Labute approximate surface area is 236 Å². The first-order valence-corrected chi connectivity index (χ1v) is 14.3. The standard InChI is InChI=1S/C28H31N7O4S/c1-3-37-27(36)22-15-40-26(32-22)20-6-9-34(10-7-29-14-19-4-5-23-24(13-19)39-17-38-23)25(20)21-12-18(2)31-28(33-21)35-11-8-30-16-35/h4-5,8,11-13,15-16,20,25,29H,3,6-7,9-10,14,17H2,1-2H3/t20-,25+/m1/s1. The smallest absolute Gasteiger partial charge is 0.357 e. The molecule has 3 aromatic heterocycles. The highest BCUT2D eigenvalue weighted by molar-refractivity contribution is 7.09. The van der Waals surface area contributed by atoms with Gasteiger partial charge in [0.15, 0.2) is 17.2 Å². The Bertz CT molecular complexity index is 1480. The number of likely N-dealkylation sites (tertiary alicyclic amines) is 1. The number of ether oxygens (including phenoxy) is 3. The zero-order valence-electron chi connectivity index (χ0n) is 22.4. The molecule has 2 aliphatic heterocycles. The van der Waals surface area contributed by atoms with Crippen molar-refractivity contribution in [1.29, 1.82) is 0 Å². The molecule has 5 heterocycles. The summed E-state index contributed by atoms with van der Waals surface area (Å²) in [7, 11) is 0. The molecular weight excluding hydrogens is 530 g/mol. The fourth-order valence-corrected chi connectivity index (χ4v) is 6.20. The predicted molar refractivity (Wildman–Crippen MR) is 148 cm³/mol. The zero-order valence-corrected chi connectivity index (χ0v) is 23.3. The second-order valence-electron chi connectivity index (χ2n) is 9.74. The molecule has 0 amide bonds. The number of hydrogen-bond acceptors (Lipinski definition) is 11. The van der Waals surface area contributed by atoms with Gasteiger partial charge in [-0.25, -0.2) is 24.7 Å². The number of nitrogens with one attached hydrogen (secondary N) is 1. The first-order chi connectivity index (χ1) is 19.6. The molecule has 0 bridgehead atoms. The largest absolute Gasteiger partial charge is 0.461 e. The van der Waals surface area contributed by atoms with Gasteiger partial charge in [-0.1, -0.05) is 6.07 Å². The molecule has 2 aliphatic rings. The molecule has 1 N–H and O–H groups in total. The van der Waals surface area contributed by atoms with E-state index in [0.717, 1.165) is 66.1 Å². The number of hydrogen-bond donors (Lipinski definition) is 1. The van der Waals surface area contributed by atoms with Crippen LogP contribution in [0.15, 0.2) is 48.4 Å². The van der Waals surface area contributed by atoms with E-state index < -0.39 is 0 Å². The van der Waals surface area contributed by atoms with Gasteiger partial charge >= 0.3 is 5.97 Å². The van der Waals surface area contributed by atoms with Crippen molar-refractivity contribution in [3.63, 3.8) is 0 Å². The van der Waals surface area contributed by atoms with E-state index in [2.05, 4.69) is 32.3 Å². The Morgan fingerprint density at radius 3 is 2.95 bits per heavy atom. The summed E-state index contributed by atoms with van der Waals surface area (Å²) in [6.45, 7) is 7.61. The Morgan fingerprint density at radius 2 is 2.10 bits per heavy atom. The Hall–Kier alpha value is -3.87. The van der Waals surface area contributed by atoms with Gasteiger partial charge in [0.1, 0.15) is 6.33 Å². The number of thiazole rings is 1. The Kier molecular flexibility index (Phi) is 7.71. The summed E-state index contributed by atoms with van der Waals surface area (Å²) < 4.78 is 17.9. The van der Waals surface area contributed by atoms with Crippen LogP contribution in [0.2, 0.25) is 0 Å². The van der Waals surface area contributed by atoms with Gasteiger partial charge < -0.3 is 19.5 Å². The number of carbonyl (C=O) groups excluding carboxylic acids is 1. The second kappa shape index (κ2) is 11.7. The molecule has 0 aliphatic carbocycles. The zero-order chi connectivity index (χ0) is 27.5. The lowest BCUT2D eigenvalue weighted by molar-refractivity contribution is 0.0520. The number of carbonyl (C=O) groups is 1. The SMILES string of the molecule is CCOC(=O)c1csc([C@@H]2CCN(CCNCc3ccc4c(c3)OCO4)[C@@H]2c2cc(C)nc(-n3ccnc3)n2)n1. The highest BCUT2D eigenvalue weighted by Gasteiger charge is 2.39. The van der Waals surface area contributed by atoms with Crippen LogP contribution in [0.3, 0.4) is 0 Å². The quantitative estimate of drug-likeness (QED) is 0.227. The number of esters is 1. The normalized spacial score (nSPS) is 18.4. The van der Waals surface area contributed by atoms with Crippen LogP contribution in [0.25, 0.3) is 5.95 Å². The van der Waals surface area contributed by atoms with E-state index in [4.69, 9.17) is 24.2 Å². The van der Waals surface area contributed by atoms with Gasteiger partial charge in [0.25, 0.3) is 0 Å². The number of aromatic nitrogens is 5. The van der Waals surface area contributed by atoms with Gasteiger partial charge in [0.05, 0.1) is 23.4 Å². The second-order valence-corrected chi connectivity index (χ2v) is 10.6. The fourth-order valence-electron chi connectivity index (χ4n) is 5.24. The number of benzene rings is 1. The van der Waals surface area contributed by atoms with Crippen molar-refractivity contribution in [3.8, 4) is 17.4 Å². The van der Waals surface area contributed by atoms with Crippen LogP contribution in [0.4, 0.5) is 0 Å². The molecule has 6 rings (SSSR count). The molecule has 0 spiro atoms. The number of aryl methyl sites for hydroxylation is 1. The van der Waals surface area contributed by atoms with Gasteiger partial charge in [-0.3, -0.25) is 9.47 Å². The molecule has 1 saturated heterocycles. The minimum absolute atomic E-state index is 0.0162. The van der Waals surface area contributed by atoms with E-state index in [1.165, 1.54) is 11.3 Å². The van der Waals surface area contributed by atoms with Crippen molar-refractivity contribution in [2.24, 2.45) is 0 Å². The maximum atomic E-state index is 12.3. The van der Waals surface area contributed by atoms with Crippen LogP contribution < -0.4 is 14.8 Å². The highest BCUT2D eigenvalue weighted by atomic mass is 32.1. The lowest BCUT2D eigenvalue weighted by Gasteiger charge is -2.27. The monoisotopic (exact) mass is 561 g/mol. The third kappa shape index (κ3) is 5.55. The van der Waals surface area contributed by atoms with Crippen LogP contribution in [-0.4, -0.2) is 68.4 Å². The van der Waals surface area contributed by atoms with Crippen LogP contribution in [0.1, 0.15) is 57.8 Å². The van der Waals surface area contributed by atoms with Crippen molar-refractivity contribution < 1.29 is 19.0 Å². The Morgan fingerprint density at radius 1 is 1.20 bits per heavy atom. The van der Waals surface area contributed by atoms with Crippen LogP contribution >= 0.6 is 11.3 Å². The molecular formula is C28H31N7O4S. The number of fused-ring (bicyclic) bond motifs is 1. The maximum absolute atomic E-state index is 12.3. The minimum atomic E-state index is -0.385. The third-order valence-corrected chi connectivity index (χ3v) is 8.04. The number of nitrogens with zero attached hydrogens (tertiary/aromatic N) is 6. The van der Waals surface area contributed by atoms with Crippen LogP contribution in [0.5, 0.6) is 11.5 Å². The van der Waals surface area contributed by atoms with Gasteiger partial charge in [-0.15, -0.1) is 11.3 Å². The van der Waals surface area contributed by atoms with Crippen LogP contribution in [0, 0.1) is 6.92 Å². The molecule has 0 unspecified atom stereocenters. The lowest BCUT2D eigenvalue weighted by atomic mass is 9.97. The summed E-state index contributed by atoms with van der Waals surface area (Å²) in [4.78, 5) is 33.2. The van der Waals surface area contributed by atoms with Crippen molar-refractivity contribution in [2.75, 3.05) is 33.0 Å². The summed E-state index contributed by atoms with van der Waals surface area (Å²) in [5.41, 5.74) is 3.32. The summed E-state index contributed by atoms with van der Waals surface area (Å²) in [6, 6.07) is 8.07. The van der Waals surface area contributed by atoms with E-state index >= 15 is 0 Å². The summed E-state index contributed by atoms with van der Waals surface area (Å²) in [5.74, 6) is 1.88. The van der Waals surface area contributed by atoms with E-state index in [9.17, 15) is 4.79 Å². The van der Waals surface area contributed by atoms with Crippen molar-refractivity contribution in [3.05, 3.63) is 76.0 Å².